The molecule has 5 nitrogen and oxygen atoms in total. The van der Waals surface area contributed by atoms with Gasteiger partial charge in [-0.25, -0.2) is 13.1 Å². The molecule has 0 spiro atoms. The maximum Gasteiger partial charge on any atom is 0.212 e. The van der Waals surface area contributed by atoms with Gasteiger partial charge in [-0.05, 0) is 37.8 Å². The molecule has 106 valence electrons. The molecule has 0 radical (unpaired) electrons. The summed E-state index contributed by atoms with van der Waals surface area (Å²) in [6.07, 6.45) is 4.59. The number of pyridine rings is 1. The van der Waals surface area contributed by atoms with Crippen molar-refractivity contribution in [2.75, 3.05) is 5.75 Å². The predicted octanol–water partition coefficient (Wildman–Crippen LogP) is 0.847. The van der Waals surface area contributed by atoms with E-state index in [0.29, 0.717) is 32.1 Å². The van der Waals surface area contributed by atoms with Crippen molar-refractivity contribution in [2.45, 2.75) is 44.2 Å². The highest BCUT2D eigenvalue weighted by molar-refractivity contribution is 7.89. The second kappa shape index (κ2) is 6.45. The summed E-state index contributed by atoms with van der Waals surface area (Å²) >= 11 is 0. The quantitative estimate of drug-likeness (QED) is 0.840. The standard InChI is InChI=1S/C13H20N2O3S/c16-13-6-4-12(5-7-13)15-19(17,18)10-8-11-3-1-2-9-14-11/h1-3,9,12-13,15-16H,4-8,10H2. The van der Waals surface area contributed by atoms with Gasteiger partial charge in [0.25, 0.3) is 0 Å². The highest BCUT2D eigenvalue weighted by atomic mass is 32.2. The van der Waals surface area contributed by atoms with E-state index in [-0.39, 0.29) is 17.9 Å². The molecular formula is C13H20N2O3S. The molecule has 0 unspecified atom stereocenters. The summed E-state index contributed by atoms with van der Waals surface area (Å²) in [5.41, 5.74) is 0.784. The fourth-order valence-corrected chi connectivity index (χ4v) is 3.63. The van der Waals surface area contributed by atoms with Gasteiger partial charge < -0.3 is 5.11 Å². The molecule has 0 aliphatic heterocycles. The third-order valence-electron chi connectivity index (χ3n) is 3.40. The monoisotopic (exact) mass is 284 g/mol. The molecule has 1 heterocycles. The zero-order chi connectivity index (χ0) is 13.7. The molecular weight excluding hydrogens is 264 g/mol. The van der Waals surface area contributed by atoms with E-state index in [0.717, 1.165) is 5.69 Å². The van der Waals surface area contributed by atoms with Crippen LogP contribution in [0.15, 0.2) is 24.4 Å². The van der Waals surface area contributed by atoms with Gasteiger partial charge in [0.15, 0.2) is 0 Å². The first-order valence-corrected chi connectivity index (χ1v) is 8.28. The summed E-state index contributed by atoms with van der Waals surface area (Å²) in [7, 11) is -3.27. The number of aromatic nitrogens is 1. The van der Waals surface area contributed by atoms with Crippen molar-refractivity contribution < 1.29 is 13.5 Å². The number of aliphatic hydroxyl groups excluding tert-OH is 1. The molecule has 19 heavy (non-hydrogen) atoms. The van der Waals surface area contributed by atoms with Crippen LogP contribution in [-0.2, 0) is 16.4 Å². The van der Waals surface area contributed by atoms with E-state index in [9.17, 15) is 13.5 Å². The van der Waals surface area contributed by atoms with E-state index < -0.39 is 10.0 Å². The molecule has 0 atom stereocenters. The summed E-state index contributed by atoms with van der Waals surface area (Å²) in [5.74, 6) is 0.0586. The van der Waals surface area contributed by atoms with Crippen molar-refractivity contribution in [3.05, 3.63) is 30.1 Å². The van der Waals surface area contributed by atoms with Gasteiger partial charge >= 0.3 is 0 Å². The number of hydrogen-bond donors (Lipinski definition) is 2. The lowest BCUT2D eigenvalue weighted by atomic mass is 9.94. The smallest absolute Gasteiger partial charge is 0.212 e. The van der Waals surface area contributed by atoms with E-state index in [1.165, 1.54) is 0 Å². The van der Waals surface area contributed by atoms with E-state index in [1.807, 2.05) is 18.2 Å². The van der Waals surface area contributed by atoms with Crippen LogP contribution in [0.2, 0.25) is 0 Å². The number of aryl methyl sites for hydroxylation is 1. The van der Waals surface area contributed by atoms with Gasteiger partial charge in [-0.1, -0.05) is 6.07 Å². The third-order valence-corrected chi connectivity index (χ3v) is 4.83. The number of hydrogen-bond acceptors (Lipinski definition) is 4. The molecule has 1 saturated carbocycles. The first-order chi connectivity index (χ1) is 9.05. The van der Waals surface area contributed by atoms with Crippen LogP contribution in [0.1, 0.15) is 31.4 Å². The number of sulfonamides is 1. The first-order valence-electron chi connectivity index (χ1n) is 6.63. The van der Waals surface area contributed by atoms with Gasteiger partial charge in [-0.2, -0.15) is 0 Å². The fourth-order valence-electron chi connectivity index (χ4n) is 2.29. The van der Waals surface area contributed by atoms with Gasteiger partial charge in [-0.15, -0.1) is 0 Å². The Morgan fingerprint density at radius 1 is 1.26 bits per heavy atom. The lowest BCUT2D eigenvalue weighted by Gasteiger charge is -2.25. The molecule has 1 aliphatic rings. The molecule has 0 saturated heterocycles. The summed E-state index contributed by atoms with van der Waals surface area (Å²) in [4.78, 5) is 4.11. The Hall–Kier alpha value is -0.980. The van der Waals surface area contributed by atoms with Crippen molar-refractivity contribution >= 4 is 10.0 Å². The second-order valence-corrected chi connectivity index (χ2v) is 6.89. The van der Waals surface area contributed by atoms with Crippen LogP contribution < -0.4 is 4.72 Å². The molecule has 1 aromatic heterocycles. The van der Waals surface area contributed by atoms with Crippen molar-refractivity contribution in [3.8, 4) is 0 Å². The van der Waals surface area contributed by atoms with Crippen molar-refractivity contribution in [3.63, 3.8) is 0 Å². The van der Waals surface area contributed by atoms with E-state index in [2.05, 4.69) is 9.71 Å². The Bertz CT molecular complexity index is 482. The van der Waals surface area contributed by atoms with Crippen LogP contribution >= 0.6 is 0 Å². The summed E-state index contributed by atoms with van der Waals surface area (Å²) in [5, 5.41) is 9.39. The molecule has 1 fully saturated rings. The van der Waals surface area contributed by atoms with Gasteiger partial charge in [-0.3, -0.25) is 4.98 Å². The Labute approximate surface area is 114 Å². The number of rotatable bonds is 5. The van der Waals surface area contributed by atoms with Crippen LogP contribution in [0.3, 0.4) is 0 Å². The molecule has 0 bridgehead atoms. The van der Waals surface area contributed by atoms with E-state index in [4.69, 9.17) is 0 Å². The summed E-state index contributed by atoms with van der Waals surface area (Å²) in [6.45, 7) is 0. The largest absolute Gasteiger partial charge is 0.393 e. The Morgan fingerprint density at radius 2 is 2.00 bits per heavy atom. The lowest BCUT2D eigenvalue weighted by Crippen LogP contribution is -2.40. The van der Waals surface area contributed by atoms with Gasteiger partial charge in [0, 0.05) is 24.4 Å². The zero-order valence-electron chi connectivity index (χ0n) is 10.8. The molecule has 6 heteroatoms. The van der Waals surface area contributed by atoms with Crippen LogP contribution in [0.5, 0.6) is 0 Å². The SMILES string of the molecule is O=S(=O)(CCc1ccccn1)NC1CCC(O)CC1. The predicted molar refractivity (Wildman–Crippen MR) is 73.1 cm³/mol. The average molecular weight is 284 g/mol. The Balaban J connectivity index is 1.82. The minimum atomic E-state index is -3.27. The van der Waals surface area contributed by atoms with Gasteiger partial charge in [0.1, 0.15) is 0 Å². The van der Waals surface area contributed by atoms with E-state index >= 15 is 0 Å². The normalized spacial score (nSPS) is 24.3. The topological polar surface area (TPSA) is 79.3 Å². The number of nitrogens with one attached hydrogen (secondary N) is 1. The molecule has 1 aliphatic carbocycles. The summed E-state index contributed by atoms with van der Waals surface area (Å²) in [6, 6.07) is 5.46. The average Bonchev–Trinajstić information content (AvgIpc) is 2.40. The minimum Gasteiger partial charge on any atom is -0.393 e. The van der Waals surface area contributed by atoms with Crippen LogP contribution in [0.4, 0.5) is 0 Å². The molecule has 1 aromatic rings. The highest BCUT2D eigenvalue weighted by Gasteiger charge is 2.23. The maximum atomic E-state index is 12.0. The fraction of sp³-hybridized carbons (Fsp3) is 0.615. The van der Waals surface area contributed by atoms with Crippen molar-refractivity contribution in [1.29, 1.82) is 0 Å². The van der Waals surface area contributed by atoms with Crippen LogP contribution in [-0.4, -0.2) is 36.4 Å². The molecule has 0 amide bonds. The molecule has 2 N–H and O–H groups in total. The maximum absolute atomic E-state index is 12.0. The third kappa shape index (κ3) is 4.89. The molecule has 0 aromatic carbocycles. The lowest BCUT2D eigenvalue weighted by molar-refractivity contribution is 0.120. The minimum absolute atomic E-state index is 0.0304. The Kier molecular flexibility index (Phi) is 4.90. The first kappa shape index (κ1) is 14.4. The molecule has 2 rings (SSSR count). The van der Waals surface area contributed by atoms with Gasteiger partial charge in [0.05, 0.1) is 11.9 Å². The zero-order valence-corrected chi connectivity index (χ0v) is 11.6. The number of aliphatic hydroxyl groups is 1. The summed E-state index contributed by atoms with van der Waals surface area (Å²) < 4.78 is 26.6. The van der Waals surface area contributed by atoms with Crippen molar-refractivity contribution in [2.24, 2.45) is 0 Å². The van der Waals surface area contributed by atoms with Gasteiger partial charge in [0.2, 0.25) is 10.0 Å². The number of nitrogens with zero attached hydrogens (tertiary/aromatic N) is 1. The second-order valence-electron chi connectivity index (χ2n) is 5.01. The Morgan fingerprint density at radius 3 is 2.63 bits per heavy atom. The van der Waals surface area contributed by atoms with Crippen LogP contribution in [0.25, 0.3) is 0 Å². The van der Waals surface area contributed by atoms with Crippen LogP contribution in [0, 0.1) is 0 Å². The van der Waals surface area contributed by atoms with Crippen molar-refractivity contribution in [1.82, 2.24) is 9.71 Å². The van der Waals surface area contributed by atoms with E-state index in [1.54, 1.807) is 6.20 Å². The highest BCUT2D eigenvalue weighted by Crippen LogP contribution is 2.19.